The molecule has 0 amide bonds. The molecule has 0 saturated carbocycles. The summed E-state index contributed by atoms with van der Waals surface area (Å²) in [5.41, 5.74) is 10.5. The average molecular weight is 608 g/mol. The Hall–Kier alpha value is -5.38. The van der Waals surface area contributed by atoms with E-state index in [4.69, 9.17) is 4.42 Å². The third kappa shape index (κ3) is 3.52. The monoisotopic (exact) mass is 607 g/mol. The van der Waals surface area contributed by atoms with E-state index in [2.05, 4.69) is 146 Å². The molecule has 2 heterocycles. The van der Waals surface area contributed by atoms with Gasteiger partial charge in [-0.3, -0.25) is 0 Å². The topological polar surface area (TPSA) is 16.4 Å². The summed E-state index contributed by atoms with van der Waals surface area (Å²) in [4.78, 5) is 2.45. The van der Waals surface area contributed by atoms with Crippen molar-refractivity contribution in [2.24, 2.45) is 0 Å². The van der Waals surface area contributed by atoms with Gasteiger partial charge in [0.2, 0.25) is 0 Å². The van der Waals surface area contributed by atoms with Gasteiger partial charge in [0.05, 0.1) is 5.69 Å². The Kier molecular flexibility index (Phi) is 5.25. The molecule has 1 aliphatic rings. The van der Waals surface area contributed by atoms with Crippen molar-refractivity contribution in [3.63, 3.8) is 0 Å². The van der Waals surface area contributed by atoms with E-state index in [0.717, 1.165) is 33.3 Å². The van der Waals surface area contributed by atoms with Crippen LogP contribution in [0.2, 0.25) is 0 Å². The summed E-state index contributed by atoms with van der Waals surface area (Å²) in [6.07, 6.45) is 0. The van der Waals surface area contributed by atoms with E-state index in [0.29, 0.717) is 0 Å². The molecular weight excluding hydrogens is 579 g/mol. The van der Waals surface area contributed by atoms with Crippen LogP contribution < -0.4 is 4.90 Å². The van der Waals surface area contributed by atoms with Gasteiger partial charge in [-0.1, -0.05) is 98.8 Å². The van der Waals surface area contributed by atoms with Gasteiger partial charge in [-0.2, -0.15) is 0 Å². The third-order valence-electron chi connectivity index (χ3n) is 10.0. The van der Waals surface area contributed by atoms with E-state index in [1.165, 1.54) is 58.9 Å². The molecule has 0 aliphatic heterocycles. The molecule has 0 atom stereocenters. The fraction of sp³-hybridized carbons (Fsp3) is 0.0698. The van der Waals surface area contributed by atoms with Crippen molar-refractivity contribution in [1.29, 1.82) is 0 Å². The molecule has 2 nitrogen and oxygen atoms in total. The third-order valence-corrected chi connectivity index (χ3v) is 11.2. The highest BCUT2D eigenvalue weighted by molar-refractivity contribution is 7.26. The molecular formula is C43H29NOS. The van der Waals surface area contributed by atoms with Crippen LogP contribution >= 0.6 is 11.3 Å². The average Bonchev–Trinajstić information content (AvgIpc) is 3.73. The number of para-hydroxylation sites is 1. The lowest BCUT2D eigenvalue weighted by molar-refractivity contribution is 0.660. The maximum Gasteiger partial charge on any atom is 0.135 e. The van der Waals surface area contributed by atoms with Crippen molar-refractivity contribution in [3.8, 4) is 11.1 Å². The fourth-order valence-corrected chi connectivity index (χ4v) is 9.00. The Morgan fingerprint density at radius 3 is 2.22 bits per heavy atom. The van der Waals surface area contributed by atoms with Crippen LogP contribution in [0.5, 0.6) is 0 Å². The summed E-state index contributed by atoms with van der Waals surface area (Å²) in [6, 6.07) is 51.0. The molecule has 1 aliphatic carbocycles. The molecule has 9 aromatic rings. The van der Waals surface area contributed by atoms with Gasteiger partial charge in [0, 0.05) is 53.3 Å². The van der Waals surface area contributed by atoms with Crippen LogP contribution in [0, 0.1) is 0 Å². The second kappa shape index (κ2) is 9.32. The molecule has 10 rings (SSSR count). The summed E-state index contributed by atoms with van der Waals surface area (Å²) in [5.74, 6) is 0. The van der Waals surface area contributed by atoms with E-state index in [1.54, 1.807) is 0 Å². The van der Waals surface area contributed by atoms with Gasteiger partial charge in [-0.05, 0) is 82.1 Å². The highest BCUT2D eigenvalue weighted by atomic mass is 32.1. The van der Waals surface area contributed by atoms with E-state index in [1.807, 2.05) is 23.5 Å². The summed E-state index contributed by atoms with van der Waals surface area (Å²) in [6.45, 7) is 4.70. The van der Waals surface area contributed by atoms with Crippen LogP contribution in [-0.4, -0.2) is 0 Å². The van der Waals surface area contributed by atoms with Gasteiger partial charge in [-0.15, -0.1) is 11.3 Å². The predicted molar refractivity (Wildman–Crippen MR) is 196 cm³/mol. The number of furan rings is 1. The number of fused-ring (bicyclic) bond motifs is 11. The lowest BCUT2D eigenvalue weighted by atomic mass is 9.82. The van der Waals surface area contributed by atoms with Crippen LogP contribution in [0.4, 0.5) is 17.1 Å². The quantitative estimate of drug-likeness (QED) is 0.199. The summed E-state index contributed by atoms with van der Waals surface area (Å²) >= 11 is 1.87. The maximum atomic E-state index is 6.25. The molecule has 0 radical (unpaired) electrons. The van der Waals surface area contributed by atoms with Crippen molar-refractivity contribution in [2.75, 3.05) is 4.90 Å². The standard InChI is InChI=1S/C43H29NOS/c1-43(2)34-13-6-3-11-31(34)42-35(43)14-9-15-36(42)44(28-20-22-38-33(25-28)30-10-4-7-16-37(30)45-38)27-19-21-29-26(24-27)18-23-40-41(29)32-12-5-8-17-39(32)46-40/h3-25H,1-2H3. The lowest BCUT2D eigenvalue weighted by Crippen LogP contribution is -2.16. The van der Waals surface area contributed by atoms with E-state index < -0.39 is 0 Å². The van der Waals surface area contributed by atoms with E-state index in [9.17, 15) is 0 Å². The number of hydrogen-bond donors (Lipinski definition) is 0. The zero-order valence-corrected chi connectivity index (χ0v) is 26.4. The molecule has 7 aromatic carbocycles. The number of nitrogens with zero attached hydrogens (tertiary/aromatic N) is 1. The molecule has 2 aromatic heterocycles. The minimum Gasteiger partial charge on any atom is -0.456 e. The Morgan fingerprint density at radius 2 is 1.28 bits per heavy atom. The van der Waals surface area contributed by atoms with Crippen molar-refractivity contribution in [3.05, 3.63) is 151 Å². The number of rotatable bonds is 3. The second-order valence-corrected chi connectivity index (χ2v) is 14.0. The van der Waals surface area contributed by atoms with Gasteiger partial charge in [-0.25, -0.2) is 0 Å². The molecule has 0 N–H and O–H groups in total. The van der Waals surface area contributed by atoms with Crippen molar-refractivity contribution in [1.82, 2.24) is 0 Å². The first-order valence-electron chi connectivity index (χ1n) is 15.9. The minimum absolute atomic E-state index is 0.0900. The van der Waals surface area contributed by atoms with E-state index in [-0.39, 0.29) is 5.41 Å². The summed E-state index contributed by atoms with van der Waals surface area (Å²) < 4.78 is 8.91. The first-order chi connectivity index (χ1) is 22.6. The van der Waals surface area contributed by atoms with Crippen LogP contribution in [0.15, 0.2) is 144 Å². The fourth-order valence-electron chi connectivity index (χ4n) is 7.88. The van der Waals surface area contributed by atoms with Crippen LogP contribution in [0.25, 0.3) is 64.0 Å². The first-order valence-corrected chi connectivity index (χ1v) is 16.7. The first kappa shape index (κ1) is 25.9. The number of benzene rings is 7. The molecule has 0 spiro atoms. The highest BCUT2D eigenvalue weighted by Crippen LogP contribution is 2.54. The zero-order valence-electron chi connectivity index (χ0n) is 25.5. The van der Waals surface area contributed by atoms with Crippen molar-refractivity contribution >= 4 is 81.3 Å². The van der Waals surface area contributed by atoms with Gasteiger partial charge in [0.15, 0.2) is 0 Å². The highest BCUT2D eigenvalue weighted by Gasteiger charge is 2.37. The molecule has 0 unspecified atom stereocenters. The largest absolute Gasteiger partial charge is 0.456 e. The zero-order chi connectivity index (χ0) is 30.6. The summed E-state index contributed by atoms with van der Waals surface area (Å²) in [7, 11) is 0. The van der Waals surface area contributed by atoms with Crippen LogP contribution in [0.1, 0.15) is 25.0 Å². The lowest BCUT2D eigenvalue weighted by Gasteiger charge is -2.29. The van der Waals surface area contributed by atoms with Crippen molar-refractivity contribution < 1.29 is 4.42 Å². The Morgan fingerprint density at radius 1 is 0.543 bits per heavy atom. The van der Waals surface area contributed by atoms with Gasteiger partial charge in [0.1, 0.15) is 11.2 Å². The molecule has 3 heteroatoms. The number of anilines is 3. The molecule has 46 heavy (non-hydrogen) atoms. The Labute approximate surface area is 270 Å². The molecule has 218 valence electrons. The smallest absolute Gasteiger partial charge is 0.135 e. The molecule has 0 saturated heterocycles. The van der Waals surface area contributed by atoms with Gasteiger partial charge < -0.3 is 9.32 Å². The van der Waals surface area contributed by atoms with Crippen LogP contribution in [0.3, 0.4) is 0 Å². The Bertz CT molecular complexity index is 2690. The summed E-state index contributed by atoms with van der Waals surface area (Å²) in [5, 5.41) is 7.46. The van der Waals surface area contributed by atoms with Crippen molar-refractivity contribution in [2.45, 2.75) is 19.3 Å². The predicted octanol–water partition coefficient (Wildman–Crippen LogP) is 12.9. The minimum atomic E-state index is -0.0900. The van der Waals surface area contributed by atoms with Crippen LogP contribution in [-0.2, 0) is 5.41 Å². The normalized spacial score (nSPS) is 13.6. The van der Waals surface area contributed by atoms with Gasteiger partial charge >= 0.3 is 0 Å². The number of thiophene rings is 1. The number of hydrogen-bond acceptors (Lipinski definition) is 3. The molecule has 0 fully saturated rings. The molecule has 0 bridgehead atoms. The second-order valence-electron chi connectivity index (χ2n) is 12.9. The maximum absolute atomic E-state index is 6.25. The van der Waals surface area contributed by atoms with Gasteiger partial charge in [0.25, 0.3) is 0 Å². The van der Waals surface area contributed by atoms with E-state index >= 15 is 0 Å². The SMILES string of the molecule is CC1(C)c2ccccc2-c2c(N(c3ccc4c(ccc5sc6ccccc6c54)c3)c3ccc4oc5ccccc5c4c3)cccc21. The Balaban J connectivity index is 1.26.